The molecule has 0 bridgehead atoms. The first-order valence-electron chi connectivity index (χ1n) is 9.30. The van der Waals surface area contributed by atoms with Crippen molar-refractivity contribution in [3.63, 3.8) is 0 Å². The van der Waals surface area contributed by atoms with Gasteiger partial charge in [-0.25, -0.2) is 4.39 Å². The Kier molecular flexibility index (Phi) is 5.92. The van der Waals surface area contributed by atoms with Gasteiger partial charge in [0.2, 0.25) is 5.91 Å². The monoisotopic (exact) mass is 436 g/mol. The van der Waals surface area contributed by atoms with Gasteiger partial charge in [0.25, 0.3) is 5.91 Å². The summed E-state index contributed by atoms with van der Waals surface area (Å²) in [4.78, 5) is 26.7. The second kappa shape index (κ2) is 8.77. The minimum absolute atomic E-state index is 0.103. The summed E-state index contributed by atoms with van der Waals surface area (Å²) >= 11 is 6.39. The van der Waals surface area contributed by atoms with Crippen molar-refractivity contribution in [1.29, 1.82) is 0 Å². The fourth-order valence-electron chi connectivity index (χ4n) is 3.13. The first kappa shape index (κ1) is 20.3. The molecule has 4 nitrogen and oxygen atoms in total. The molecular formula is C23H17FN2O2S2. The van der Waals surface area contributed by atoms with E-state index < -0.39 is 5.82 Å². The summed E-state index contributed by atoms with van der Waals surface area (Å²) in [6.45, 7) is 0.165. The van der Waals surface area contributed by atoms with E-state index in [0.29, 0.717) is 20.5 Å². The summed E-state index contributed by atoms with van der Waals surface area (Å²) in [7, 11) is 0. The Morgan fingerprint density at radius 1 is 1.07 bits per heavy atom. The smallest absolute Gasteiger partial charge is 0.266 e. The lowest BCUT2D eigenvalue weighted by atomic mass is 10.1. The number of carbonyl (C=O) groups is 2. The van der Waals surface area contributed by atoms with E-state index in [1.807, 2.05) is 42.5 Å². The number of nitrogens with zero attached hydrogens (tertiary/aromatic N) is 1. The molecule has 2 amide bonds. The van der Waals surface area contributed by atoms with Crippen LogP contribution in [0.3, 0.4) is 0 Å². The predicted octanol–water partition coefficient (Wildman–Crippen LogP) is 5.21. The van der Waals surface area contributed by atoms with Crippen LogP contribution in [-0.4, -0.2) is 27.6 Å². The van der Waals surface area contributed by atoms with Gasteiger partial charge in [-0.15, -0.1) is 0 Å². The van der Waals surface area contributed by atoms with Gasteiger partial charge in [0.05, 0.1) is 4.91 Å². The standard InChI is InChI=1S/C23H17FN2O2S2/c24-19-8-4-3-7-17(19)14-20-22(28)26(23(29)30-20)12-11-21(27)25-18-10-9-15-5-1-2-6-16(15)13-18/h1-10,13-14H,11-12H2,(H,25,27)/b20-14-. The summed E-state index contributed by atoms with van der Waals surface area (Å²) in [5, 5.41) is 4.98. The molecule has 150 valence electrons. The Bertz CT molecular complexity index is 1190. The maximum Gasteiger partial charge on any atom is 0.266 e. The molecule has 0 unspecified atom stereocenters. The fourth-order valence-corrected chi connectivity index (χ4v) is 4.43. The summed E-state index contributed by atoms with van der Waals surface area (Å²) in [5.74, 6) is -0.929. The number of hydrogen-bond acceptors (Lipinski definition) is 4. The minimum Gasteiger partial charge on any atom is -0.326 e. The highest BCUT2D eigenvalue weighted by Gasteiger charge is 2.32. The molecule has 0 radical (unpaired) electrons. The van der Waals surface area contributed by atoms with Gasteiger partial charge in [-0.2, -0.15) is 0 Å². The Morgan fingerprint density at radius 2 is 1.80 bits per heavy atom. The topological polar surface area (TPSA) is 49.4 Å². The number of nitrogens with one attached hydrogen (secondary N) is 1. The third-order valence-electron chi connectivity index (χ3n) is 4.66. The Hall–Kier alpha value is -3.03. The van der Waals surface area contributed by atoms with Crippen LogP contribution in [0.25, 0.3) is 16.8 Å². The predicted molar refractivity (Wildman–Crippen MR) is 123 cm³/mol. The van der Waals surface area contributed by atoms with Crippen LogP contribution in [0.1, 0.15) is 12.0 Å². The minimum atomic E-state index is -0.405. The fraction of sp³-hybridized carbons (Fsp3) is 0.0870. The average Bonchev–Trinajstić information content (AvgIpc) is 3.00. The summed E-state index contributed by atoms with van der Waals surface area (Å²) in [6, 6.07) is 19.8. The van der Waals surface area contributed by atoms with Crippen LogP contribution in [-0.2, 0) is 9.59 Å². The van der Waals surface area contributed by atoms with Crippen LogP contribution in [0.2, 0.25) is 0 Å². The van der Waals surface area contributed by atoms with Gasteiger partial charge in [-0.05, 0) is 35.0 Å². The molecule has 1 aliphatic heterocycles. The van der Waals surface area contributed by atoms with Crippen molar-refractivity contribution >= 4 is 62.7 Å². The van der Waals surface area contributed by atoms with Gasteiger partial charge in [-0.1, -0.05) is 72.5 Å². The highest BCUT2D eigenvalue weighted by atomic mass is 32.2. The van der Waals surface area contributed by atoms with Gasteiger partial charge in [0, 0.05) is 24.2 Å². The van der Waals surface area contributed by atoms with E-state index in [4.69, 9.17) is 12.2 Å². The highest BCUT2D eigenvalue weighted by Crippen LogP contribution is 2.33. The van der Waals surface area contributed by atoms with E-state index in [-0.39, 0.29) is 24.8 Å². The number of halogens is 1. The second-order valence-corrected chi connectivity index (χ2v) is 8.39. The van der Waals surface area contributed by atoms with Crippen LogP contribution in [0.5, 0.6) is 0 Å². The number of thioether (sulfide) groups is 1. The largest absolute Gasteiger partial charge is 0.326 e. The number of amides is 2. The summed E-state index contributed by atoms with van der Waals surface area (Å²) < 4.78 is 14.2. The Labute approximate surface area is 182 Å². The molecular weight excluding hydrogens is 419 g/mol. The Morgan fingerprint density at radius 3 is 2.60 bits per heavy atom. The van der Waals surface area contributed by atoms with Crippen LogP contribution < -0.4 is 5.32 Å². The number of anilines is 1. The van der Waals surface area contributed by atoms with Crippen molar-refractivity contribution in [2.45, 2.75) is 6.42 Å². The maximum atomic E-state index is 13.9. The third kappa shape index (κ3) is 4.42. The molecule has 3 aromatic carbocycles. The number of hydrogen-bond donors (Lipinski definition) is 1. The van der Waals surface area contributed by atoms with Crippen molar-refractivity contribution in [2.75, 3.05) is 11.9 Å². The molecule has 30 heavy (non-hydrogen) atoms. The first-order chi connectivity index (χ1) is 14.5. The van der Waals surface area contributed by atoms with Crippen molar-refractivity contribution in [2.24, 2.45) is 0 Å². The quantitative estimate of drug-likeness (QED) is 0.441. The van der Waals surface area contributed by atoms with E-state index >= 15 is 0 Å². The molecule has 1 N–H and O–H groups in total. The molecule has 1 aliphatic rings. The molecule has 1 saturated heterocycles. The molecule has 0 saturated carbocycles. The molecule has 3 aromatic rings. The van der Waals surface area contributed by atoms with Crippen LogP contribution in [0, 0.1) is 5.82 Å². The number of fused-ring (bicyclic) bond motifs is 1. The molecule has 0 atom stereocenters. The molecule has 0 aromatic heterocycles. The van der Waals surface area contributed by atoms with Crippen molar-refractivity contribution in [3.8, 4) is 0 Å². The maximum absolute atomic E-state index is 13.9. The highest BCUT2D eigenvalue weighted by molar-refractivity contribution is 8.26. The van der Waals surface area contributed by atoms with Crippen molar-refractivity contribution in [3.05, 3.63) is 83.0 Å². The number of thiocarbonyl (C=S) groups is 1. The van der Waals surface area contributed by atoms with Gasteiger partial charge >= 0.3 is 0 Å². The molecule has 0 spiro atoms. The lowest BCUT2D eigenvalue weighted by Crippen LogP contribution is -2.31. The lowest BCUT2D eigenvalue weighted by Gasteiger charge is -2.14. The third-order valence-corrected chi connectivity index (χ3v) is 6.04. The van der Waals surface area contributed by atoms with E-state index in [0.717, 1.165) is 22.5 Å². The second-order valence-electron chi connectivity index (χ2n) is 6.71. The SMILES string of the molecule is O=C(CCN1C(=O)/C(=C/c2ccccc2F)SC1=S)Nc1ccc2ccccc2c1. The molecule has 1 fully saturated rings. The van der Waals surface area contributed by atoms with E-state index in [9.17, 15) is 14.0 Å². The van der Waals surface area contributed by atoms with Gasteiger partial charge in [-0.3, -0.25) is 14.5 Å². The lowest BCUT2D eigenvalue weighted by molar-refractivity contribution is -0.122. The van der Waals surface area contributed by atoms with Crippen LogP contribution in [0.4, 0.5) is 10.1 Å². The Balaban J connectivity index is 1.39. The van der Waals surface area contributed by atoms with E-state index in [2.05, 4.69) is 5.32 Å². The number of rotatable bonds is 5. The van der Waals surface area contributed by atoms with Gasteiger partial charge in [0.15, 0.2) is 0 Å². The zero-order chi connectivity index (χ0) is 21.1. The number of carbonyl (C=O) groups excluding carboxylic acids is 2. The normalized spacial score (nSPS) is 15.2. The number of benzene rings is 3. The molecule has 1 heterocycles. The van der Waals surface area contributed by atoms with Crippen LogP contribution >= 0.6 is 24.0 Å². The average molecular weight is 437 g/mol. The van der Waals surface area contributed by atoms with E-state index in [1.54, 1.807) is 18.2 Å². The zero-order valence-electron chi connectivity index (χ0n) is 15.8. The first-order valence-corrected chi connectivity index (χ1v) is 10.5. The molecule has 0 aliphatic carbocycles. The van der Waals surface area contributed by atoms with Gasteiger partial charge in [0.1, 0.15) is 10.1 Å². The van der Waals surface area contributed by atoms with E-state index in [1.165, 1.54) is 17.0 Å². The zero-order valence-corrected chi connectivity index (χ0v) is 17.4. The van der Waals surface area contributed by atoms with Crippen molar-refractivity contribution < 1.29 is 14.0 Å². The van der Waals surface area contributed by atoms with Crippen molar-refractivity contribution in [1.82, 2.24) is 4.90 Å². The summed E-state index contributed by atoms with van der Waals surface area (Å²) in [5.41, 5.74) is 1.02. The van der Waals surface area contributed by atoms with Gasteiger partial charge < -0.3 is 5.32 Å². The molecule has 4 rings (SSSR count). The summed E-state index contributed by atoms with van der Waals surface area (Å²) in [6.07, 6.45) is 1.59. The van der Waals surface area contributed by atoms with Crippen LogP contribution in [0.15, 0.2) is 71.6 Å². The molecule has 7 heteroatoms.